The highest BCUT2D eigenvalue weighted by Gasteiger charge is 2.56. The van der Waals surface area contributed by atoms with Gasteiger partial charge in [0.2, 0.25) is 0 Å². The molecule has 3 fully saturated rings. The monoisotopic (exact) mass is 209 g/mol. The van der Waals surface area contributed by atoms with Crippen molar-refractivity contribution in [1.29, 1.82) is 0 Å². The molecule has 2 bridgehead atoms. The summed E-state index contributed by atoms with van der Waals surface area (Å²) in [5.74, 6) is 2.78. The number of hydrogen-bond donors (Lipinski definition) is 1. The van der Waals surface area contributed by atoms with Crippen molar-refractivity contribution in [2.75, 3.05) is 0 Å². The lowest BCUT2D eigenvalue weighted by Gasteiger charge is -2.62. The highest BCUT2D eigenvalue weighted by molar-refractivity contribution is 5.07. The van der Waals surface area contributed by atoms with Crippen LogP contribution < -0.4 is 5.32 Å². The predicted octanol–water partition coefficient (Wildman–Crippen LogP) is 3.45. The number of rotatable bonds is 1. The van der Waals surface area contributed by atoms with Crippen molar-refractivity contribution >= 4 is 0 Å². The minimum absolute atomic E-state index is 0.271. The SMILES string of the molecule is C[C@H]1[C@H](NC(C)(C)C)C[C@H]2C[C@@H]1C2(C)C. The summed E-state index contributed by atoms with van der Waals surface area (Å²) in [6.07, 6.45) is 2.87. The second kappa shape index (κ2) is 3.23. The second-order valence-corrected chi connectivity index (χ2v) is 7.46. The van der Waals surface area contributed by atoms with Crippen LogP contribution in [0.3, 0.4) is 0 Å². The lowest BCUT2D eigenvalue weighted by Crippen LogP contribution is -2.62. The van der Waals surface area contributed by atoms with Crippen LogP contribution in [-0.4, -0.2) is 11.6 Å². The van der Waals surface area contributed by atoms with Crippen molar-refractivity contribution in [2.24, 2.45) is 23.2 Å². The van der Waals surface area contributed by atoms with Gasteiger partial charge in [0.05, 0.1) is 0 Å². The molecule has 0 unspecified atom stereocenters. The van der Waals surface area contributed by atoms with Crippen molar-refractivity contribution < 1.29 is 0 Å². The molecule has 0 saturated heterocycles. The van der Waals surface area contributed by atoms with Gasteiger partial charge in [-0.15, -0.1) is 0 Å². The first-order valence-electron chi connectivity index (χ1n) is 6.49. The zero-order chi connectivity index (χ0) is 11.4. The van der Waals surface area contributed by atoms with Crippen molar-refractivity contribution in [3.8, 4) is 0 Å². The molecule has 0 heterocycles. The first-order valence-corrected chi connectivity index (χ1v) is 6.49. The van der Waals surface area contributed by atoms with Gasteiger partial charge in [-0.25, -0.2) is 0 Å². The Morgan fingerprint density at radius 2 is 1.73 bits per heavy atom. The topological polar surface area (TPSA) is 12.0 Å². The van der Waals surface area contributed by atoms with Gasteiger partial charge in [-0.05, 0) is 56.8 Å². The third-order valence-corrected chi connectivity index (χ3v) is 4.97. The summed E-state index contributed by atoms with van der Waals surface area (Å²) < 4.78 is 0. The van der Waals surface area contributed by atoms with Gasteiger partial charge in [-0.1, -0.05) is 20.8 Å². The highest BCUT2D eigenvalue weighted by Crippen LogP contribution is 2.61. The van der Waals surface area contributed by atoms with E-state index >= 15 is 0 Å². The molecule has 0 aromatic heterocycles. The molecule has 3 aliphatic rings. The van der Waals surface area contributed by atoms with Crippen molar-refractivity contribution in [2.45, 2.75) is 66.0 Å². The van der Waals surface area contributed by atoms with Crippen molar-refractivity contribution in [1.82, 2.24) is 5.32 Å². The largest absolute Gasteiger partial charge is 0.309 e. The van der Waals surface area contributed by atoms with Gasteiger partial charge in [-0.3, -0.25) is 0 Å². The number of fused-ring (bicyclic) bond motifs is 2. The molecule has 1 N–H and O–H groups in total. The molecule has 15 heavy (non-hydrogen) atoms. The Bertz CT molecular complexity index is 249. The van der Waals surface area contributed by atoms with Gasteiger partial charge in [0.15, 0.2) is 0 Å². The first-order chi connectivity index (χ1) is 6.72. The molecule has 1 nitrogen and oxygen atoms in total. The summed E-state index contributed by atoms with van der Waals surface area (Å²) in [7, 11) is 0. The smallest absolute Gasteiger partial charge is 0.0103 e. The molecule has 1 heteroatoms. The minimum Gasteiger partial charge on any atom is -0.309 e. The van der Waals surface area contributed by atoms with E-state index in [4.69, 9.17) is 0 Å². The molecule has 3 rings (SSSR count). The fraction of sp³-hybridized carbons (Fsp3) is 1.00. The molecule has 0 amide bonds. The molecule has 88 valence electrons. The second-order valence-electron chi connectivity index (χ2n) is 7.46. The van der Waals surface area contributed by atoms with Gasteiger partial charge >= 0.3 is 0 Å². The first kappa shape index (κ1) is 11.4. The van der Waals surface area contributed by atoms with Crippen LogP contribution in [0.5, 0.6) is 0 Å². The van der Waals surface area contributed by atoms with Crippen LogP contribution in [-0.2, 0) is 0 Å². The van der Waals surface area contributed by atoms with Crippen LogP contribution in [0.4, 0.5) is 0 Å². The molecule has 3 aliphatic carbocycles. The van der Waals surface area contributed by atoms with Crippen LogP contribution in [0.1, 0.15) is 54.4 Å². The Morgan fingerprint density at radius 3 is 2.13 bits per heavy atom. The molecule has 0 aliphatic heterocycles. The van der Waals surface area contributed by atoms with Gasteiger partial charge in [0, 0.05) is 11.6 Å². The van der Waals surface area contributed by atoms with E-state index in [1.807, 2.05) is 0 Å². The maximum atomic E-state index is 3.81. The van der Waals surface area contributed by atoms with E-state index in [1.54, 1.807) is 0 Å². The van der Waals surface area contributed by atoms with Crippen LogP contribution in [0.15, 0.2) is 0 Å². The maximum Gasteiger partial charge on any atom is 0.0103 e. The third-order valence-electron chi connectivity index (χ3n) is 4.97. The summed E-state index contributed by atoms with van der Waals surface area (Å²) >= 11 is 0. The summed E-state index contributed by atoms with van der Waals surface area (Å²) in [5, 5.41) is 3.81. The van der Waals surface area contributed by atoms with Crippen LogP contribution in [0.2, 0.25) is 0 Å². The van der Waals surface area contributed by atoms with E-state index in [0.29, 0.717) is 5.41 Å². The van der Waals surface area contributed by atoms with E-state index < -0.39 is 0 Å². The molecule has 0 aromatic carbocycles. The molecule has 0 aromatic rings. The summed E-state index contributed by atoms with van der Waals surface area (Å²) in [4.78, 5) is 0. The molecular weight excluding hydrogens is 182 g/mol. The van der Waals surface area contributed by atoms with E-state index in [-0.39, 0.29) is 5.54 Å². The van der Waals surface area contributed by atoms with Gasteiger partial charge in [0.1, 0.15) is 0 Å². The highest BCUT2D eigenvalue weighted by atomic mass is 15.0. The molecular formula is C14H27N. The fourth-order valence-electron chi connectivity index (χ4n) is 3.90. The lowest BCUT2D eigenvalue weighted by molar-refractivity contribution is -0.118. The van der Waals surface area contributed by atoms with E-state index in [2.05, 4.69) is 46.9 Å². The summed E-state index contributed by atoms with van der Waals surface area (Å²) in [5.41, 5.74) is 0.891. The molecule has 0 radical (unpaired) electrons. The quantitative estimate of drug-likeness (QED) is 0.697. The lowest BCUT2D eigenvalue weighted by atomic mass is 9.44. The van der Waals surface area contributed by atoms with Gasteiger partial charge in [0.25, 0.3) is 0 Å². The zero-order valence-electron chi connectivity index (χ0n) is 11.2. The Kier molecular flexibility index (Phi) is 2.46. The van der Waals surface area contributed by atoms with Gasteiger partial charge in [-0.2, -0.15) is 0 Å². The van der Waals surface area contributed by atoms with Crippen LogP contribution in [0.25, 0.3) is 0 Å². The number of nitrogens with one attached hydrogen (secondary N) is 1. The summed E-state index contributed by atoms with van der Waals surface area (Å²) in [6.45, 7) is 14.2. The standard InChI is InChI=1S/C14H27N/c1-9-11-7-10(14(11,5)6)8-12(9)15-13(2,3)4/h9-12,15H,7-8H2,1-6H3/t9-,10-,11+,12-/m1/s1. The minimum atomic E-state index is 0.271. The van der Waals surface area contributed by atoms with E-state index in [0.717, 1.165) is 23.8 Å². The van der Waals surface area contributed by atoms with Crippen molar-refractivity contribution in [3.63, 3.8) is 0 Å². The maximum absolute atomic E-state index is 3.81. The Labute approximate surface area is 95.0 Å². The Balaban J connectivity index is 2.03. The van der Waals surface area contributed by atoms with E-state index in [1.165, 1.54) is 12.8 Å². The van der Waals surface area contributed by atoms with Gasteiger partial charge < -0.3 is 5.32 Å². The predicted molar refractivity (Wildman–Crippen MR) is 65.8 cm³/mol. The molecule has 3 saturated carbocycles. The van der Waals surface area contributed by atoms with E-state index in [9.17, 15) is 0 Å². The average molecular weight is 209 g/mol. The normalized spacial score (nSPS) is 43.6. The molecule has 4 atom stereocenters. The van der Waals surface area contributed by atoms with Crippen molar-refractivity contribution in [3.05, 3.63) is 0 Å². The fourth-order valence-corrected chi connectivity index (χ4v) is 3.90. The Hall–Kier alpha value is -0.0400. The third kappa shape index (κ3) is 1.84. The average Bonchev–Trinajstić information content (AvgIpc) is 2.05. The van der Waals surface area contributed by atoms with Crippen LogP contribution >= 0.6 is 0 Å². The zero-order valence-corrected chi connectivity index (χ0v) is 11.2. The molecule has 0 spiro atoms. The number of hydrogen-bond acceptors (Lipinski definition) is 1. The van der Waals surface area contributed by atoms with Crippen LogP contribution in [0, 0.1) is 23.2 Å². The Morgan fingerprint density at radius 1 is 1.13 bits per heavy atom. The summed E-state index contributed by atoms with van der Waals surface area (Å²) in [6, 6.07) is 0.752.